The minimum atomic E-state index is -0.275. The zero-order chi connectivity index (χ0) is 11.5. The SMILES string of the molecule is Nc1cc(Cl)ccc1NC(=O)c1cn[nH]c1. The molecule has 0 spiro atoms. The summed E-state index contributed by atoms with van der Waals surface area (Å²) in [4.78, 5) is 11.7. The van der Waals surface area contributed by atoms with Crippen molar-refractivity contribution in [3.05, 3.63) is 41.2 Å². The van der Waals surface area contributed by atoms with Crippen LogP contribution >= 0.6 is 11.6 Å². The summed E-state index contributed by atoms with van der Waals surface area (Å²) in [5.41, 5.74) is 7.08. The number of aromatic amines is 1. The van der Waals surface area contributed by atoms with E-state index in [2.05, 4.69) is 15.5 Å². The standard InChI is InChI=1S/C10H9ClN4O/c11-7-1-2-9(8(12)3-7)15-10(16)6-4-13-14-5-6/h1-5H,12H2,(H,13,14)(H,15,16). The topological polar surface area (TPSA) is 83.8 Å². The number of H-pyrrole nitrogens is 1. The Morgan fingerprint density at radius 2 is 2.31 bits per heavy atom. The largest absolute Gasteiger partial charge is 0.397 e. The van der Waals surface area contributed by atoms with Crippen LogP contribution in [0.15, 0.2) is 30.6 Å². The summed E-state index contributed by atoms with van der Waals surface area (Å²) in [6.07, 6.45) is 2.93. The zero-order valence-electron chi connectivity index (χ0n) is 8.20. The van der Waals surface area contributed by atoms with Crippen molar-refractivity contribution in [1.29, 1.82) is 0 Å². The highest BCUT2D eigenvalue weighted by atomic mass is 35.5. The Bertz CT molecular complexity index is 510. The molecule has 0 fully saturated rings. The smallest absolute Gasteiger partial charge is 0.258 e. The zero-order valence-corrected chi connectivity index (χ0v) is 8.95. The lowest BCUT2D eigenvalue weighted by molar-refractivity contribution is 0.102. The van der Waals surface area contributed by atoms with Crippen molar-refractivity contribution in [2.75, 3.05) is 11.1 Å². The Kier molecular flexibility index (Phi) is 2.78. The van der Waals surface area contributed by atoms with Crippen LogP contribution in [0, 0.1) is 0 Å². The van der Waals surface area contributed by atoms with Crippen LogP contribution in [0.3, 0.4) is 0 Å². The molecule has 0 aliphatic carbocycles. The van der Waals surface area contributed by atoms with Gasteiger partial charge in [-0.2, -0.15) is 5.10 Å². The first-order chi connectivity index (χ1) is 7.66. The van der Waals surface area contributed by atoms with Gasteiger partial charge in [-0.15, -0.1) is 0 Å². The van der Waals surface area contributed by atoms with Crippen molar-refractivity contribution in [1.82, 2.24) is 10.2 Å². The number of nitrogen functional groups attached to an aromatic ring is 1. The van der Waals surface area contributed by atoms with Crippen LogP contribution in [0.25, 0.3) is 0 Å². The van der Waals surface area contributed by atoms with Crippen LogP contribution in [0.4, 0.5) is 11.4 Å². The van der Waals surface area contributed by atoms with Gasteiger partial charge in [0.25, 0.3) is 5.91 Å². The van der Waals surface area contributed by atoms with Gasteiger partial charge in [0.05, 0.1) is 23.1 Å². The Balaban J connectivity index is 2.18. The first kappa shape index (κ1) is 10.5. The molecule has 0 radical (unpaired) electrons. The van der Waals surface area contributed by atoms with Crippen molar-refractivity contribution >= 4 is 28.9 Å². The molecule has 1 aromatic heterocycles. The van der Waals surface area contributed by atoms with Gasteiger partial charge in [-0.1, -0.05) is 11.6 Å². The van der Waals surface area contributed by atoms with E-state index in [1.165, 1.54) is 12.4 Å². The van der Waals surface area contributed by atoms with Gasteiger partial charge in [0, 0.05) is 11.2 Å². The fourth-order valence-corrected chi connectivity index (χ4v) is 1.40. The normalized spacial score (nSPS) is 10.1. The Hall–Kier alpha value is -2.01. The van der Waals surface area contributed by atoms with E-state index >= 15 is 0 Å². The minimum absolute atomic E-state index is 0.275. The molecule has 0 unspecified atom stereocenters. The van der Waals surface area contributed by atoms with Crippen LogP contribution < -0.4 is 11.1 Å². The van der Waals surface area contributed by atoms with E-state index < -0.39 is 0 Å². The highest BCUT2D eigenvalue weighted by Gasteiger charge is 2.08. The second-order valence-corrected chi connectivity index (χ2v) is 3.61. The molecule has 1 aromatic carbocycles. The lowest BCUT2D eigenvalue weighted by Gasteiger charge is -2.06. The van der Waals surface area contributed by atoms with Crippen LogP contribution in [0.1, 0.15) is 10.4 Å². The van der Waals surface area contributed by atoms with Gasteiger partial charge >= 0.3 is 0 Å². The maximum Gasteiger partial charge on any atom is 0.258 e. The summed E-state index contributed by atoms with van der Waals surface area (Å²) in [5, 5.41) is 9.42. The molecule has 16 heavy (non-hydrogen) atoms. The fraction of sp³-hybridized carbons (Fsp3) is 0. The Labute approximate surface area is 96.6 Å². The molecule has 0 bridgehead atoms. The first-order valence-corrected chi connectivity index (χ1v) is 4.90. The lowest BCUT2D eigenvalue weighted by Crippen LogP contribution is -2.12. The average molecular weight is 237 g/mol. The molecule has 0 saturated carbocycles. The number of hydrogen-bond acceptors (Lipinski definition) is 3. The monoisotopic (exact) mass is 236 g/mol. The number of nitrogens with two attached hydrogens (primary N) is 1. The van der Waals surface area contributed by atoms with E-state index in [0.29, 0.717) is 22.0 Å². The highest BCUT2D eigenvalue weighted by Crippen LogP contribution is 2.22. The molecule has 1 amide bonds. The molecule has 0 atom stereocenters. The van der Waals surface area contributed by atoms with Gasteiger partial charge in [-0.3, -0.25) is 9.89 Å². The van der Waals surface area contributed by atoms with Gasteiger partial charge in [-0.25, -0.2) is 0 Å². The van der Waals surface area contributed by atoms with Gasteiger partial charge in [0.1, 0.15) is 0 Å². The number of anilines is 2. The number of carbonyl (C=O) groups is 1. The van der Waals surface area contributed by atoms with Crippen molar-refractivity contribution in [2.24, 2.45) is 0 Å². The third-order valence-corrected chi connectivity index (χ3v) is 2.26. The number of nitrogens with zero attached hydrogens (tertiary/aromatic N) is 1. The quantitative estimate of drug-likeness (QED) is 0.697. The summed E-state index contributed by atoms with van der Waals surface area (Å²) in [5.74, 6) is -0.275. The summed E-state index contributed by atoms with van der Waals surface area (Å²) < 4.78 is 0. The maximum atomic E-state index is 11.7. The molecule has 2 rings (SSSR count). The number of nitrogens with one attached hydrogen (secondary N) is 2. The van der Waals surface area contributed by atoms with Crippen molar-refractivity contribution in [3.63, 3.8) is 0 Å². The molecule has 5 nitrogen and oxygen atoms in total. The molecule has 4 N–H and O–H groups in total. The predicted octanol–water partition coefficient (Wildman–Crippen LogP) is 1.90. The van der Waals surface area contributed by atoms with Crippen LogP contribution in [-0.2, 0) is 0 Å². The molecule has 2 aromatic rings. The maximum absolute atomic E-state index is 11.7. The van der Waals surface area contributed by atoms with Crippen molar-refractivity contribution in [3.8, 4) is 0 Å². The van der Waals surface area contributed by atoms with Gasteiger partial charge < -0.3 is 11.1 Å². The Morgan fingerprint density at radius 1 is 1.50 bits per heavy atom. The summed E-state index contributed by atoms with van der Waals surface area (Å²) >= 11 is 5.75. The molecule has 1 heterocycles. The molecule has 0 saturated heterocycles. The predicted molar refractivity (Wildman–Crippen MR) is 62.4 cm³/mol. The molecule has 0 aliphatic rings. The van der Waals surface area contributed by atoms with Crippen LogP contribution in [-0.4, -0.2) is 16.1 Å². The number of amides is 1. The summed E-state index contributed by atoms with van der Waals surface area (Å²) in [6, 6.07) is 4.88. The number of benzene rings is 1. The van der Waals surface area contributed by atoms with Crippen molar-refractivity contribution in [2.45, 2.75) is 0 Å². The summed E-state index contributed by atoms with van der Waals surface area (Å²) in [7, 11) is 0. The number of rotatable bonds is 2. The molecular weight excluding hydrogens is 228 g/mol. The summed E-state index contributed by atoms with van der Waals surface area (Å²) in [6.45, 7) is 0. The fourth-order valence-electron chi connectivity index (χ4n) is 1.22. The molecule has 0 aliphatic heterocycles. The van der Waals surface area contributed by atoms with Crippen LogP contribution in [0.2, 0.25) is 5.02 Å². The van der Waals surface area contributed by atoms with Crippen molar-refractivity contribution < 1.29 is 4.79 Å². The molecular formula is C10H9ClN4O. The Morgan fingerprint density at radius 3 is 2.94 bits per heavy atom. The lowest BCUT2D eigenvalue weighted by atomic mass is 10.2. The molecule has 82 valence electrons. The van der Waals surface area contributed by atoms with E-state index in [9.17, 15) is 4.79 Å². The highest BCUT2D eigenvalue weighted by molar-refractivity contribution is 6.31. The van der Waals surface area contributed by atoms with Gasteiger partial charge in [-0.05, 0) is 18.2 Å². The second-order valence-electron chi connectivity index (χ2n) is 3.17. The van der Waals surface area contributed by atoms with Gasteiger partial charge in [0.15, 0.2) is 0 Å². The van der Waals surface area contributed by atoms with E-state index in [1.807, 2.05) is 0 Å². The number of carbonyl (C=O) groups excluding carboxylic acids is 1. The third kappa shape index (κ3) is 2.14. The number of aromatic nitrogens is 2. The third-order valence-electron chi connectivity index (χ3n) is 2.02. The average Bonchev–Trinajstić information content (AvgIpc) is 2.75. The second kappa shape index (κ2) is 4.24. The van der Waals surface area contributed by atoms with E-state index in [0.717, 1.165) is 0 Å². The number of halogens is 1. The van der Waals surface area contributed by atoms with E-state index in [4.69, 9.17) is 17.3 Å². The van der Waals surface area contributed by atoms with E-state index in [-0.39, 0.29) is 5.91 Å². The van der Waals surface area contributed by atoms with E-state index in [1.54, 1.807) is 18.2 Å². The van der Waals surface area contributed by atoms with Crippen LogP contribution in [0.5, 0.6) is 0 Å². The molecule has 6 heteroatoms. The number of hydrogen-bond donors (Lipinski definition) is 3. The van der Waals surface area contributed by atoms with Gasteiger partial charge in [0.2, 0.25) is 0 Å². The first-order valence-electron chi connectivity index (χ1n) is 4.52. The minimum Gasteiger partial charge on any atom is -0.397 e.